The first-order chi connectivity index (χ1) is 19.5. The van der Waals surface area contributed by atoms with Crippen molar-refractivity contribution < 1.29 is 14.3 Å². The highest BCUT2D eigenvalue weighted by molar-refractivity contribution is 8.26. The Hall–Kier alpha value is -4.15. The number of nitrogens with zero attached hydrogens (tertiary/aromatic N) is 3. The Bertz CT molecular complexity index is 1650. The van der Waals surface area contributed by atoms with E-state index >= 15 is 0 Å². The molecule has 1 aliphatic rings. The van der Waals surface area contributed by atoms with E-state index in [1.807, 2.05) is 42.5 Å². The Balaban J connectivity index is 1.39. The van der Waals surface area contributed by atoms with Gasteiger partial charge >= 0.3 is 0 Å². The van der Waals surface area contributed by atoms with E-state index in [0.29, 0.717) is 57.3 Å². The summed E-state index contributed by atoms with van der Waals surface area (Å²) in [6.07, 6.45) is 4.61. The molecule has 1 fully saturated rings. The highest BCUT2D eigenvalue weighted by atomic mass is 32.2. The number of anilines is 1. The number of hydrogen-bond donors (Lipinski definition) is 1. The second kappa shape index (κ2) is 12.4. The van der Waals surface area contributed by atoms with Crippen LogP contribution in [0, 0.1) is 0 Å². The molecule has 0 atom stereocenters. The van der Waals surface area contributed by atoms with E-state index in [4.69, 9.17) is 26.7 Å². The Morgan fingerprint density at radius 3 is 2.50 bits per heavy atom. The number of benzene rings is 2. The summed E-state index contributed by atoms with van der Waals surface area (Å²) in [5.74, 6) is 1.47. The van der Waals surface area contributed by atoms with Gasteiger partial charge in [0.25, 0.3) is 11.5 Å². The third-order valence-electron chi connectivity index (χ3n) is 6.54. The Kier molecular flexibility index (Phi) is 8.47. The van der Waals surface area contributed by atoms with Crippen LogP contribution in [-0.2, 0) is 17.6 Å². The van der Waals surface area contributed by atoms with Gasteiger partial charge in [-0.3, -0.25) is 18.9 Å². The molecule has 8 nitrogen and oxygen atoms in total. The zero-order valence-electron chi connectivity index (χ0n) is 22.1. The summed E-state index contributed by atoms with van der Waals surface area (Å²) < 4.78 is 12.6. The van der Waals surface area contributed by atoms with Crippen LogP contribution in [-0.4, -0.2) is 51.8 Å². The maximum atomic E-state index is 13.5. The molecule has 4 aromatic rings. The second-order valence-corrected chi connectivity index (χ2v) is 10.7. The summed E-state index contributed by atoms with van der Waals surface area (Å²) in [5.41, 5.74) is 2.73. The van der Waals surface area contributed by atoms with E-state index in [9.17, 15) is 9.59 Å². The van der Waals surface area contributed by atoms with Gasteiger partial charge in [0.05, 0.1) is 24.7 Å². The third kappa shape index (κ3) is 5.88. The summed E-state index contributed by atoms with van der Waals surface area (Å²) in [5, 5.41) is 3.31. The van der Waals surface area contributed by atoms with Gasteiger partial charge in [-0.2, -0.15) is 0 Å². The molecule has 1 N–H and O–H groups in total. The lowest BCUT2D eigenvalue weighted by atomic mass is 10.1. The molecular formula is C30H28N4O4S2. The zero-order chi connectivity index (χ0) is 28.1. The fraction of sp³-hybridized carbons (Fsp3) is 0.200. The number of thioether (sulfide) groups is 1. The monoisotopic (exact) mass is 572 g/mol. The first-order valence-electron chi connectivity index (χ1n) is 12.7. The number of methoxy groups -OCH3 is 2. The van der Waals surface area contributed by atoms with Crippen molar-refractivity contribution in [2.45, 2.75) is 12.8 Å². The number of amides is 1. The molecule has 2 aromatic carbocycles. The van der Waals surface area contributed by atoms with Crippen LogP contribution in [0.1, 0.15) is 16.7 Å². The second-order valence-electron chi connectivity index (χ2n) is 9.04. The largest absolute Gasteiger partial charge is 0.493 e. The molecule has 10 heteroatoms. The summed E-state index contributed by atoms with van der Waals surface area (Å²) in [6, 6.07) is 21.1. The smallest absolute Gasteiger partial charge is 0.267 e. The number of carbonyl (C=O) groups is 1. The number of carbonyl (C=O) groups excluding carboxylic acids is 1. The number of rotatable bonds is 10. The Morgan fingerprint density at radius 2 is 1.73 bits per heavy atom. The maximum absolute atomic E-state index is 13.5. The molecule has 0 radical (unpaired) electrons. The number of nitrogens with one attached hydrogen (secondary N) is 1. The van der Waals surface area contributed by atoms with Crippen LogP contribution in [0.5, 0.6) is 11.5 Å². The van der Waals surface area contributed by atoms with Crippen molar-refractivity contribution in [3.63, 3.8) is 0 Å². The van der Waals surface area contributed by atoms with Gasteiger partial charge < -0.3 is 14.8 Å². The molecule has 5 rings (SSSR count). The lowest BCUT2D eigenvalue weighted by molar-refractivity contribution is -0.122. The van der Waals surface area contributed by atoms with Gasteiger partial charge in [0, 0.05) is 19.3 Å². The van der Waals surface area contributed by atoms with E-state index in [0.717, 1.165) is 12.0 Å². The van der Waals surface area contributed by atoms with E-state index in [1.54, 1.807) is 43.5 Å². The van der Waals surface area contributed by atoms with Gasteiger partial charge in [-0.05, 0) is 54.3 Å². The molecule has 3 heterocycles. The molecule has 40 heavy (non-hydrogen) atoms. The average Bonchev–Trinajstić information content (AvgIpc) is 3.25. The summed E-state index contributed by atoms with van der Waals surface area (Å²) in [6.45, 7) is 0.973. The van der Waals surface area contributed by atoms with Crippen molar-refractivity contribution >= 4 is 51.7 Å². The number of fused-ring (bicyclic) bond motifs is 1. The molecule has 204 valence electrons. The number of thiocarbonyl (C=S) groups is 1. The molecule has 0 aliphatic carbocycles. The molecule has 0 bridgehead atoms. The lowest BCUT2D eigenvalue weighted by Gasteiger charge is -2.15. The van der Waals surface area contributed by atoms with Gasteiger partial charge in [-0.1, -0.05) is 66.4 Å². The molecule has 0 spiro atoms. The minimum Gasteiger partial charge on any atom is -0.493 e. The predicted octanol–water partition coefficient (Wildman–Crippen LogP) is 4.81. The normalized spacial score (nSPS) is 14.2. The van der Waals surface area contributed by atoms with Gasteiger partial charge in [0.2, 0.25) is 0 Å². The van der Waals surface area contributed by atoms with E-state index in [1.165, 1.54) is 21.7 Å². The van der Waals surface area contributed by atoms with Crippen LogP contribution in [0.3, 0.4) is 0 Å². The van der Waals surface area contributed by atoms with Gasteiger partial charge in [0.15, 0.2) is 11.5 Å². The van der Waals surface area contributed by atoms with Crippen LogP contribution in [0.4, 0.5) is 5.82 Å². The third-order valence-corrected chi connectivity index (χ3v) is 7.92. The quantitative estimate of drug-likeness (QED) is 0.214. The summed E-state index contributed by atoms with van der Waals surface area (Å²) >= 11 is 6.74. The average molecular weight is 573 g/mol. The number of pyridine rings is 1. The molecular weight excluding hydrogens is 544 g/mol. The molecule has 1 saturated heterocycles. The zero-order valence-corrected chi connectivity index (χ0v) is 23.8. The standard InChI is InChI=1S/C30H28N4O4S2/c1-37-23-12-11-21(18-24(23)38-2)14-17-34-29(36)25(40-30(34)39)19-22-27(31-15-13-20-8-4-3-5-9-20)32-26-10-6-7-16-33(26)28(22)35/h3-12,16,18-19,31H,13-15,17H2,1-2H3/b25-19-. The van der Waals surface area contributed by atoms with Crippen LogP contribution in [0.25, 0.3) is 11.7 Å². The van der Waals surface area contributed by atoms with Crippen LogP contribution in [0.15, 0.2) is 82.6 Å². The van der Waals surface area contributed by atoms with Crippen molar-refractivity contribution in [3.05, 3.63) is 105 Å². The molecule has 0 saturated carbocycles. The van der Waals surface area contributed by atoms with Gasteiger partial charge in [-0.25, -0.2) is 4.98 Å². The lowest BCUT2D eigenvalue weighted by Crippen LogP contribution is -2.30. The molecule has 0 unspecified atom stereocenters. The van der Waals surface area contributed by atoms with Crippen LogP contribution >= 0.6 is 24.0 Å². The summed E-state index contributed by atoms with van der Waals surface area (Å²) in [7, 11) is 3.18. The molecule has 2 aromatic heterocycles. The fourth-order valence-corrected chi connectivity index (χ4v) is 5.73. The van der Waals surface area contributed by atoms with Gasteiger partial charge in [0.1, 0.15) is 15.8 Å². The summed E-state index contributed by atoms with van der Waals surface area (Å²) in [4.78, 5) is 33.6. The van der Waals surface area contributed by atoms with Crippen molar-refractivity contribution in [2.24, 2.45) is 0 Å². The van der Waals surface area contributed by atoms with Crippen molar-refractivity contribution in [3.8, 4) is 11.5 Å². The molecule has 1 aliphatic heterocycles. The van der Waals surface area contributed by atoms with Gasteiger partial charge in [-0.15, -0.1) is 0 Å². The van der Waals surface area contributed by atoms with Crippen molar-refractivity contribution in [2.75, 3.05) is 32.6 Å². The van der Waals surface area contributed by atoms with Crippen LogP contribution < -0.4 is 20.3 Å². The first-order valence-corrected chi connectivity index (χ1v) is 14.0. The minimum atomic E-state index is -0.261. The number of hydrogen-bond acceptors (Lipinski definition) is 8. The highest BCUT2D eigenvalue weighted by Crippen LogP contribution is 2.34. The van der Waals surface area contributed by atoms with E-state index in [-0.39, 0.29) is 11.5 Å². The highest BCUT2D eigenvalue weighted by Gasteiger charge is 2.32. The van der Waals surface area contributed by atoms with Crippen molar-refractivity contribution in [1.82, 2.24) is 14.3 Å². The minimum absolute atomic E-state index is 0.233. The maximum Gasteiger partial charge on any atom is 0.267 e. The number of ether oxygens (including phenoxy) is 2. The van der Waals surface area contributed by atoms with E-state index in [2.05, 4.69) is 17.4 Å². The Morgan fingerprint density at radius 1 is 0.950 bits per heavy atom. The van der Waals surface area contributed by atoms with Crippen LogP contribution in [0.2, 0.25) is 0 Å². The SMILES string of the molecule is COc1ccc(CCN2C(=O)/C(=C/c3c(NCCc4ccccc4)nc4ccccn4c3=O)SC2=S)cc1OC. The fourth-order valence-electron chi connectivity index (χ4n) is 4.44. The first kappa shape index (κ1) is 27.4. The van der Waals surface area contributed by atoms with E-state index < -0.39 is 0 Å². The predicted molar refractivity (Wildman–Crippen MR) is 163 cm³/mol. The molecule has 1 amide bonds. The topological polar surface area (TPSA) is 85.2 Å². The Labute approximate surface area is 241 Å². The van der Waals surface area contributed by atoms with Crippen molar-refractivity contribution in [1.29, 1.82) is 0 Å². The number of aromatic nitrogens is 2.